The minimum absolute atomic E-state index is 0.199. The van der Waals surface area contributed by atoms with Gasteiger partial charge < -0.3 is 0 Å². The van der Waals surface area contributed by atoms with E-state index >= 15 is 0 Å². The first-order valence-electron chi connectivity index (χ1n) is 5.33. The van der Waals surface area contributed by atoms with Gasteiger partial charge >= 0.3 is 0 Å². The zero-order chi connectivity index (χ0) is 12.6. The number of nitrogens with zero attached hydrogens (tertiary/aromatic N) is 2. The van der Waals surface area contributed by atoms with Gasteiger partial charge in [-0.25, -0.2) is 0 Å². The van der Waals surface area contributed by atoms with Crippen molar-refractivity contribution < 1.29 is 9.59 Å². The Kier molecular flexibility index (Phi) is 2.47. The summed E-state index contributed by atoms with van der Waals surface area (Å²) >= 11 is 0. The van der Waals surface area contributed by atoms with Gasteiger partial charge in [-0.3, -0.25) is 14.5 Å². The summed E-state index contributed by atoms with van der Waals surface area (Å²) in [6.07, 6.45) is 0. The maximum absolute atomic E-state index is 12.2. The molecule has 17 heavy (non-hydrogen) atoms. The van der Waals surface area contributed by atoms with Gasteiger partial charge in [-0.05, 0) is 25.5 Å². The zero-order valence-electron chi connectivity index (χ0n) is 9.73. The third kappa shape index (κ3) is 1.51. The Bertz CT molecular complexity index is 541. The summed E-state index contributed by atoms with van der Waals surface area (Å²) in [5.74, 6) is -0.700. The van der Waals surface area contributed by atoms with Crippen molar-refractivity contribution >= 4 is 11.8 Å². The lowest BCUT2D eigenvalue weighted by molar-refractivity contribution is -0.133. The van der Waals surface area contributed by atoms with Crippen LogP contribution in [-0.2, 0) is 10.2 Å². The van der Waals surface area contributed by atoms with E-state index in [0.29, 0.717) is 5.56 Å². The van der Waals surface area contributed by atoms with Gasteiger partial charge in [-0.2, -0.15) is 5.26 Å². The molecule has 0 radical (unpaired) electrons. The molecule has 0 spiro atoms. The van der Waals surface area contributed by atoms with E-state index in [9.17, 15) is 9.59 Å². The Morgan fingerprint density at radius 2 is 1.94 bits per heavy atom. The van der Waals surface area contributed by atoms with E-state index in [1.165, 1.54) is 0 Å². The average Bonchev–Trinajstić information content (AvgIpc) is 2.33. The number of carbonyl (C=O) groups is 2. The number of fused-ring (bicyclic) bond motifs is 1. The van der Waals surface area contributed by atoms with Crippen LogP contribution in [0.5, 0.6) is 0 Å². The molecule has 0 aliphatic carbocycles. The maximum Gasteiger partial charge on any atom is 0.261 e. The molecule has 1 aliphatic rings. The number of benzene rings is 1. The highest BCUT2D eigenvalue weighted by Crippen LogP contribution is 2.33. The number of hydrogen-bond acceptors (Lipinski definition) is 3. The Labute approximate surface area is 99.5 Å². The molecule has 4 heteroatoms. The van der Waals surface area contributed by atoms with Gasteiger partial charge in [0, 0.05) is 5.56 Å². The molecular weight excluding hydrogens is 216 g/mol. The first kappa shape index (κ1) is 11.3. The molecule has 1 aliphatic heterocycles. The maximum atomic E-state index is 12.2. The van der Waals surface area contributed by atoms with Crippen LogP contribution in [0.15, 0.2) is 24.3 Å². The van der Waals surface area contributed by atoms with E-state index in [4.69, 9.17) is 5.26 Å². The van der Waals surface area contributed by atoms with Crippen molar-refractivity contribution in [3.8, 4) is 6.07 Å². The molecular formula is C13H12N2O2. The van der Waals surface area contributed by atoms with Gasteiger partial charge in [0.1, 0.15) is 6.54 Å². The summed E-state index contributed by atoms with van der Waals surface area (Å²) in [5.41, 5.74) is 0.470. The molecule has 1 heterocycles. The quantitative estimate of drug-likeness (QED) is 0.540. The number of rotatable bonds is 1. The molecule has 0 bridgehead atoms. The standard InChI is InChI=1S/C13H12N2O2/c1-13(2)10-6-4-3-5-9(10)11(16)15(8-7-14)12(13)17/h3-6H,8H2,1-2H3. The van der Waals surface area contributed by atoms with E-state index in [0.717, 1.165) is 10.5 Å². The first-order valence-corrected chi connectivity index (χ1v) is 5.33. The van der Waals surface area contributed by atoms with Crippen molar-refractivity contribution in [2.75, 3.05) is 6.54 Å². The van der Waals surface area contributed by atoms with Crippen LogP contribution in [0.4, 0.5) is 0 Å². The number of amides is 2. The Morgan fingerprint density at radius 1 is 1.29 bits per heavy atom. The second-order valence-electron chi connectivity index (χ2n) is 4.53. The molecule has 0 fully saturated rings. The summed E-state index contributed by atoms with van der Waals surface area (Å²) in [4.78, 5) is 25.2. The second-order valence-corrected chi connectivity index (χ2v) is 4.53. The lowest BCUT2D eigenvalue weighted by atomic mass is 9.77. The highest BCUT2D eigenvalue weighted by Gasteiger charge is 2.43. The fourth-order valence-electron chi connectivity index (χ4n) is 2.12. The molecule has 0 saturated heterocycles. The van der Waals surface area contributed by atoms with Gasteiger partial charge in [0.05, 0.1) is 11.5 Å². The molecule has 86 valence electrons. The number of carbonyl (C=O) groups excluding carboxylic acids is 2. The molecule has 2 rings (SSSR count). The minimum Gasteiger partial charge on any atom is -0.273 e. The second kappa shape index (κ2) is 3.70. The number of imide groups is 1. The van der Waals surface area contributed by atoms with Gasteiger partial charge in [-0.1, -0.05) is 18.2 Å². The molecule has 0 aromatic heterocycles. The Balaban J connectivity index is 2.63. The topological polar surface area (TPSA) is 61.2 Å². The summed E-state index contributed by atoms with van der Waals surface area (Å²) in [6, 6.07) is 8.89. The van der Waals surface area contributed by atoms with Crippen LogP contribution in [0.25, 0.3) is 0 Å². The Hall–Kier alpha value is -2.15. The molecule has 0 atom stereocenters. The van der Waals surface area contributed by atoms with Crippen molar-refractivity contribution in [3.05, 3.63) is 35.4 Å². The Morgan fingerprint density at radius 3 is 2.59 bits per heavy atom. The van der Waals surface area contributed by atoms with Crippen molar-refractivity contribution in [2.24, 2.45) is 0 Å². The predicted molar refractivity (Wildman–Crippen MR) is 61.1 cm³/mol. The highest BCUT2D eigenvalue weighted by molar-refractivity contribution is 6.13. The molecule has 4 nitrogen and oxygen atoms in total. The van der Waals surface area contributed by atoms with E-state index < -0.39 is 5.41 Å². The molecule has 1 aromatic rings. The number of hydrogen-bond donors (Lipinski definition) is 0. The van der Waals surface area contributed by atoms with E-state index in [2.05, 4.69) is 0 Å². The third-order valence-corrected chi connectivity index (χ3v) is 3.08. The first-order chi connectivity index (χ1) is 8.00. The lowest BCUT2D eigenvalue weighted by Crippen LogP contribution is -2.51. The smallest absolute Gasteiger partial charge is 0.261 e. The minimum atomic E-state index is -0.763. The fraction of sp³-hybridized carbons (Fsp3) is 0.308. The SMILES string of the molecule is CC1(C)C(=O)N(CC#N)C(=O)c2ccccc21. The zero-order valence-corrected chi connectivity index (χ0v) is 9.73. The van der Waals surface area contributed by atoms with Gasteiger partial charge in [-0.15, -0.1) is 0 Å². The largest absolute Gasteiger partial charge is 0.273 e. The van der Waals surface area contributed by atoms with Crippen LogP contribution in [0.2, 0.25) is 0 Å². The normalized spacial score (nSPS) is 17.6. The van der Waals surface area contributed by atoms with E-state index in [1.807, 2.05) is 6.07 Å². The van der Waals surface area contributed by atoms with Gasteiger partial charge in [0.15, 0.2) is 0 Å². The van der Waals surface area contributed by atoms with E-state index in [1.54, 1.807) is 38.1 Å². The van der Waals surface area contributed by atoms with Crippen LogP contribution in [0.3, 0.4) is 0 Å². The summed E-state index contributed by atoms with van der Waals surface area (Å²) < 4.78 is 0. The predicted octanol–water partition coefficient (Wildman–Crippen LogP) is 1.47. The van der Waals surface area contributed by atoms with Crippen LogP contribution in [0.1, 0.15) is 29.8 Å². The monoisotopic (exact) mass is 228 g/mol. The summed E-state index contributed by atoms with van der Waals surface area (Å²) in [5, 5.41) is 8.68. The summed E-state index contributed by atoms with van der Waals surface area (Å²) in [6.45, 7) is 3.34. The molecule has 0 N–H and O–H groups in total. The van der Waals surface area contributed by atoms with Crippen molar-refractivity contribution in [1.82, 2.24) is 4.90 Å². The van der Waals surface area contributed by atoms with Crippen molar-refractivity contribution in [3.63, 3.8) is 0 Å². The van der Waals surface area contributed by atoms with Crippen LogP contribution in [-0.4, -0.2) is 23.3 Å². The number of nitriles is 1. The highest BCUT2D eigenvalue weighted by atomic mass is 16.2. The molecule has 2 amide bonds. The van der Waals surface area contributed by atoms with Crippen molar-refractivity contribution in [1.29, 1.82) is 5.26 Å². The average molecular weight is 228 g/mol. The lowest BCUT2D eigenvalue weighted by Gasteiger charge is -2.36. The van der Waals surface area contributed by atoms with Crippen LogP contribution < -0.4 is 0 Å². The molecule has 1 aromatic carbocycles. The van der Waals surface area contributed by atoms with Gasteiger partial charge in [0.25, 0.3) is 5.91 Å². The third-order valence-electron chi connectivity index (χ3n) is 3.08. The fourth-order valence-corrected chi connectivity index (χ4v) is 2.12. The van der Waals surface area contributed by atoms with E-state index in [-0.39, 0.29) is 18.4 Å². The van der Waals surface area contributed by atoms with Crippen molar-refractivity contribution in [2.45, 2.75) is 19.3 Å². The molecule has 0 saturated carbocycles. The van der Waals surface area contributed by atoms with Crippen LogP contribution >= 0.6 is 0 Å². The van der Waals surface area contributed by atoms with Gasteiger partial charge in [0.2, 0.25) is 5.91 Å². The summed E-state index contributed by atoms with van der Waals surface area (Å²) in [7, 11) is 0. The molecule has 0 unspecified atom stereocenters. The van der Waals surface area contributed by atoms with Crippen LogP contribution in [0, 0.1) is 11.3 Å².